The van der Waals surface area contributed by atoms with Crippen molar-refractivity contribution in [2.24, 2.45) is 10.9 Å². The fraction of sp³-hybridized carbons (Fsp3) is 0.765. The average molecular weight is 360 g/mol. The summed E-state index contributed by atoms with van der Waals surface area (Å²) in [6.07, 6.45) is 2.81. The number of halogens is 1. The molecule has 0 aromatic heterocycles. The van der Waals surface area contributed by atoms with E-state index in [0.717, 1.165) is 0 Å². The Morgan fingerprint density at radius 2 is 1.55 bits per heavy atom. The van der Waals surface area contributed by atoms with Gasteiger partial charge in [-0.25, -0.2) is 0 Å². The molecule has 0 aromatic rings. The van der Waals surface area contributed by atoms with E-state index in [9.17, 15) is 4.79 Å². The largest absolute Gasteiger partial charge is 0.291 e. The maximum Gasteiger partial charge on any atom is 0.192 e. The van der Waals surface area contributed by atoms with E-state index in [0.29, 0.717) is 18.9 Å². The van der Waals surface area contributed by atoms with Crippen molar-refractivity contribution in [1.82, 2.24) is 0 Å². The van der Waals surface area contributed by atoms with Crippen molar-refractivity contribution in [3.8, 4) is 0 Å². The molecular formula is C17H34ClNOSi2. The summed E-state index contributed by atoms with van der Waals surface area (Å²) >= 11 is 5.92. The molecule has 0 N–H and O–H groups in total. The number of carbonyl (C=O) groups is 1. The lowest BCUT2D eigenvalue weighted by molar-refractivity contribution is -0.112. The van der Waals surface area contributed by atoms with Crippen LogP contribution < -0.4 is 0 Å². The van der Waals surface area contributed by atoms with Gasteiger partial charge in [0.1, 0.15) is 0 Å². The van der Waals surface area contributed by atoms with E-state index in [2.05, 4.69) is 57.3 Å². The molecule has 5 heteroatoms. The third-order valence-electron chi connectivity index (χ3n) is 3.10. The Hall–Kier alpha value is -0.196. The van der Waals surface area contributed by atoms with Gasteiger partial charge in [0.05, 0.1) is 0 Å². The van der Waals surface area contributed by atoms with Gasteiger partial charge in [-0.3, -0.25) is 9.79 Å². The van der Waals surface area contributed by atoms with Gasteiger partial charge in [0.25, 0.3) is 0 Å². The van der Waals surface area contributed by atoms with Crippen molar-refractivity contribution >= 4 is 38.7 Å². The lowest BCUT2D eigenvalue weighted by atomic mass is 10.1. The minimum Gasteiger partial charge on any atom is -0.291 e. The predicted octanol–water partition coefficient (Wildman–Crippen LogP) is 5.84. The number of hydrogen-bond acceptors (Lipinski definition) is 2. The molecule has 0 rings (SSSR count). The number of aliphatic imine (C=N–C) groups is 1. The van der Waals surface area contributed by atoms with Gasteiger partial charge in [-0.1, -0.05) is 76.4 Å². The van der Waals surface area contributed by atoms with E-state index in [1.54, 1.807) is 5.57 Å². The Morgan fingerprint density at radius 3 is 1.91 bits per heavy atom. The molecule has 0 saturated heterocycles. The molecule has 0 amide bonds. The molecule has 2 nitrogen and oxygen atoms in total. The Bertz CT molecular complexity index is 413. The average Bonchev–Trinajstić information content (AvgIpc) is 2.30. The molecule has 0 fully saturated rings. The first-order valence-corrected chi connectivity index (χ1v) is 16.1. The summed E-state index contributed by atoms with van der Waals surface area (Å²) in [7, 11) is -2.23. The Balaban J connectivity index is 4.98. The van der Waals surface area contributed by atoms with Crippen LogP contribution in [0.5, 0.6) is 0 Å². The zero-order valence-corrected chi connectivity index (χ0v) is 18.5. The highest BCUT2D eigenvalue weighted by Gasteiger charge is 2.21. The van der Waals surface area contributed by atoms with Crippen molar-refractivity contribution < 1.29 is 4.79 Å². The van der Waals surface area contributed by atoms with E-state index < -0.39 is 16.1 Å². The lowest BCUT2D eigenvalue weighted by Gasteiger charge is -2.24. The summed E-state index contributed by atoms with van der Waals surface area (Å²) < 4.78 is 0. The smallest absolute Gasteiger partial charge is 0.192 e. The van der Waals surface area contributed by atoms with Gasteiger partial charge in [0.2, 0.25) is 0 Å². The van der Waals surface area contributed by atoms with Crippen LogP contribution in [-0.2, 0) is 4.79 Å². The van der Waals surface area contributed by atoms with E-state index in [-0.39, 0.29) is 11.0 Å². The van der Waals surface area contributed by atoms with Gasteiger partial charge in [0, 0.05) is 29.1 Å². The first kappa shape index (κ1) is 21.8. The van der Waals surface area contributed by atoms with E-state index in [1.165, 1.54) is 12.1 Å². The molecular weight excluding hydrogens is 326 g/mol. The normalized spacial score (nSPS) is 14.7. The molecule has 0 radical (unpaired) electrons. The lowest BCUT2D eigenvalue weighted by Crippen LogP contribution is -2.25. The van der Waals surface area contributed by atoms with Crippen molar-refractivity contribution in [1.29, 1.82) is 0 Å². The highest BCUT2D eigenvalue weighted by atomic mass is 35.5. The molecule has 0 aliphatic rings. The summed E-state index contributed by atoms with van der Waals surface area (Å²) in [5.41, 5.74) is 1.60. The van der Waals surface area contributed by atoms with Crippen LogP contribution in [-0.4, -0.2) is 33.6 Å². The Labute approximate surface area is 144 Å². The number of allylic oxidation sites excluding steroid dienone is 1. The standard InChI is InChI=1S/C17H34ClNOSi2/c1-9-16(20)17(18)19-11-14(2)10-15(12-21(3,4)5)13-22(6,7)8/h10,14H,9,11-13H2,1-8H3. The summed E-state index contributed by atoms with van der Waals surface area (Å²) in [5, 5.41) is 0.152. The summed E-state index contributed by atoms with van der Waals surface area (Å²) in [5.74, 6) is 0.267. The van der Waals surface area contributed by atoms with E-state index in [4.69, 9.17) is 11.6 Å². The predicted molar refractivity (Wildman–Crippen MR) is 107 cm³/mol. The molecule has 0 saturated carbocycles. The van der Waals surface area contributed by atoms with Crippen LogP contribution in [0, 0.1) is 5.92 Å². The second-order valence-electron chi connectivity index (χ2n) is 8.69. The van der Waals surface area contributed by atoms with Crippen LogP contribution in [0.15, 0.2) is 16.6 Å². The fourth-order valence-corrected chi connectivity index (χ4v) is 6.12. The van der Waals surface area contributed by atoms with Crippen LogP contribution in [0.3, 0.4) is 0 Å². The minimum absolute atomic E-state index is 0.0673. The van der Waals surface area contributed by atoms with Gasteiger partial charge in [-0.05, 0) is 18.0 Å². The van der Waals surface area contributed by atoms with E-state index >= 15 is 0 Å². The molecule has 128 valence electrons. The van der Waals surface area contributed by atoms with Gasteiger partial charge in [-0.2, -0.15) is 0 Å². The molecule has 0 aliphatic carbocycles. The fourth-order valence-electron chi connectivity index (χ4n) is 2.46. The SMILES string of the molecule is CCC(=O)C(Cl)=NCC(C)C=C(C[Si](C)(C)C)C[Si](C)(C)C. The molecule has 0 aromatic carbocycles. The zero-order valence-electron chi connectivity index (χ0n) is 15.7. The van der Waals surface area contributed by atoms with Crippen LogP contribution in [0.1, 0.15) is 20.3 Å². The quantitative estimate of drug-likeness (QED) is 0.289. The van der Waals surface area contributed by atoms with Gasteiger partial charge in [-0.15, -0.1) is 0 Å². The number of hydrogen-bond donors (Lipinski definition) is 0. The van der Waals surface area contributed by atoms with E-state index in [1.807, 2.05) is 6.92 Å². The molecule has 0 spiro atoms. The molecule has 0 aliphatic heterocycles. The van der Waals surface area contributed by atoms with Crippen molar-refractivity contribution in [3.05, 3.63) is 11.6 Å². The monoisotopic (exact) mass is 359 g/mol. The van der Waals surface area contributed by atoms with Crippen LogP contribution in [0.2, 0.25) is 51.4 Å². The van der Waals surface area contributed by atoms with Crippen molar-refractivity contribution in [2.45, 2.75) is 71.6 Å². The molecule has 1 atom stereocenters. The number of ketones is 1. The summed E-state index contributed by atoms with van der Waals surface area (Å²) in [4.78, 5) is 15.7. The minimum atomic E-state index is -1.12. The highest BCUT2D eigenvalue weighted by Crippen LogP contribution is 2.26. The van der Waals surface area contributed by atoms with Gasteiger partial charge < -0.3 is 0 Å². The second kappa shape index (κ2) is 9.19. The first-order valence-electron chi connectivity index (χ1n) is 8.27. The summed E-state index contributed by atoms with van der Waals surface area (Å²) in [6.45, 7) is 19.1. The number of Topliss-reactive ketones (excluding diaryl/α,β-unsaturated/α-hetero) is 1. The maximum atomic E-state index is 11.5. The second-order valence-corrected chi connectivity index (χ2v) is 20.0. The maximum absolute atomic E-state index is 11.5. The molecule has 0 heterocycles. The molecule has 1 unspecified atom stereocenters. The van der Waals surface area contributed by atoms with Crippen LogP contribution in [0.25, 0.3) is 0 Å². The third kappa shape index (κ3) is 11.4. The van der Waals surface area contributed by atoms with Crippen LogP contribution in [0.4, 0.5) is 0 Å². The Morgan fingerprint density at radius 1 is 1.09 bits per heavy atom. The zero-order chi connectivity index (χ0) is 17.6. The summed E-state index contributed by atoms with van der Waals surface area (Å²) in [6, 6.07) is 2.51. The van der Waals surface area contributed by atoms with Gasteiger partial charge in [0.15, 0.2) is 11.0 Å². The highest BCUT2D eigenvalue weighted by molar-refractivity contribution is 6.83. The Kier molecular flexibility index (Phi) is 9.10. The van der Waals surface area contributed by atoms with Crippen molar-refractivity contribution in [2.75, 3.05) is 6.54 Å². The third-order valence-corrected chi connectivity index (χ3v) is 6.46. The topological polar surface area (TPSA) is 29.4 Å². The first-order chi connectivity index (χ1) is 9.84. The molecule has 22 heavy (non-hydrogen) atoms. The number of carbonyl (C=O) groups excluding carboxylic acids is 1. The number of rotatable bonds is 9. The van der Waals surface area contributed by atoms with Crippen LogP contribution >= 0.6 is 11.6 Å². The van der Waals surface area contributed by atoms with Gasteiger partial charge >= 0.3 is 0 Å². The van der Waals surface area contributed by atoms with Crippen molar-refractivity contribution in [3.63, 3.8) is 0 Å². The molecule has 0 bridgehead atoms. The number of nitrogens with zero attached hydrogens (tertiary/aromatic N) is 1.